The Morgan fingerprint density at radius 3 is 2.57 bits per heavy atom. The lowest BCUT2D eigenvalue weighted by atomic mass is 10.2. The van der Waals surface area contributed by atoms with Crippen molar-refractivity contribution < 1.29 is 0 Å². The number of nitrogens with zero attached hydrogens (tertiary/aromatic N) is 4. The third-order valence-corrected chi connectivity index (χ3v) is 3.87. The van der Waals surface area contributed by atoms with E-state index in [9.17, 15) is 0 Å². The maximum absolute atomic E-state index is 7.25. The number of benzene rings is 1. The van der Waals surface area contributed by atoms with Gasteiger partial charge in [-0.25, -0.2) is 4.85 Å². The van der Waals surface area contributed by atoms with E-state index >= 15 is 0 Å². The van der Waals surface area contributed by atoms with Gasteiger partial charge in [0.25, 0.3) is 0 Å². The fourth-order valence-corrected chi connectivity index (χ4v) is 2.61. The standard InChI is InChI=1S/C19H18N4/c1-20-18-10-5-11-21-19(18)23-15-13-22(14-16-23)12-6-9-17-7-3-2-4-8-17/h2-5,7-8,10-11H,12-16H2. The van der Waals surface area contributed by atoms with Gasteiger partial charge >= 0.3 is 0 Å². The number of anilines is 1. The van der Waals surface area contributed by atoms with Gasteiger partial charge < -0.3 is 4.90 Å². The van der Waals surface area contributed by atoms with Gasteiger partial charge in [0, 0.05) is 37.9 Å². The third kappa shape index (κ3) is 3.88. The van der Waals surface area contributed by atoms with Crippen molar-refractivity contribution >= 4 is 11.5 Å². The van der Waals surface area contributed by atoms with E-state index in [4.69, 9.17) is 6.57 Å². The number of aromatic nitrogens is 1. The van der Waals surface area contributed by atoms with E-state index in [1.54, 1.807) is 6.20 Å². The minimum Gasteiger partial charge on any atom is -0.363 e. The first-order chi connectivity index (χ1) is 11.4. The van der Waals surface area contributed by atoms with Crippen molar-refractivity contribution in [2.75, 3.05) is 37.6 Å². The van der Waals surface area contributed by atoms with Crippen LogP contribution in [0.15, 0.2) is 48.7 Å². The molecule has 4 heteroatoms. The average molecular weight is 302 g/mol. The summed E-state index contributed by atoms with van der Waals surface area (Å²) < 4.78 is 0. The predicted molar refractivity (Wildman–Crippen MR) is 92.5 cm³/mol. The van der Waals surface area contributed by atoms with Gasteiger partial charge in [0.05, 0.1) is 13.1 Å². The van der Waals surface area contributed by atoms with Gasteiger partial charge in [-0.1, -0.05) is 42.2 Å². The summed E-state index contributed by atoms with van der Waals surface area (Å²) in [6.45, 7) is 11.7. The molecule has 1 aromatic carbocycles. The summed E-state index contributed by atoms with van der Waals surface area (Å²) in [7, 11) is 0. The molecule has 2 heterocycles. The summed E-state index contributed by atoms with van der Waals surface area (Å²) in [5.74, 6) is 7.24. The molecule has 0 saturated carbocycles. The Morgan fingerprint density at radius 1 is 1.04 bits per heavy atom. The number of hydrogen-bond acceptors (Lipinski definition) is 3. The van der Waals surface area contributed by atoms with Crippen LogP contribution in [0.3, 0.4) is 0 Å². The highest BCUT2D eigenvalue weighted by Crippen LogP contribution is 2.26. The zero-order chi connectivity index (χ0) is 15.9. The molecule has 0 atom stereocenters. The minimum atomic E-state index is 0.629. The molecule has 0 aliphatic carbocycles. The molecule has 1 aliphatic rings. The Bertz CT molecular complexity index is 744. The Morgan fingerprint density at radius 2 is 1.83 bits per heavy atom. The Kier molecular flexibility index (Phi) is 4.88. The highest BCUT2D eigenvalue weighted by molar-refractivity contribution is 5.66. The monoisotopic (exact) mass is 302 g/mol. The van der Waals surface area contributed by atoms with Gasteiger partial charge in [-0.2, -0.15) is 0 Å². The molecular weight excluding hydrogens is 284 g/mol. The van der Waals surface area contributed by atoms with Crippen LogP contribution in [0, 0.1) is 18.4 Å². The van der Waals surface area contributed by atoms with Crippen molar-refractivity contribution in [3.8, 4) is 11.8 Å². The zero-order valence-corrected chi connectivity index (χ0v) is 12.9. The lowest BCUT2D eigenvalue weighted by Gasteiger charge is -2.34. The van der Waals surface area contributed by atoms with Crippen molar-refractivity contribution in [1.82, 2.24) is 9.88 Å². The lowest BCUT2D eigenvalue weighted by molar-refractivity contribution is 0.287. The first-order valence-electron chi connectivity index (χ1n) is 7.70. The summed E-state index contributed by atoms with van der Waals surface area (Å²) in [6, 6.07) is 13.7. The molecule has 1 aliphatic heterocycles. The molecule has 0 amide bonds. The van der Waals surface area contributed by atoms with Crippen molar-refractivity contribution in [2.24, 2.45) is 0 Å². The molecule has 4 nitrogen and oxygen atoms in total. The molecule has 3 rings (SSSR count). The van der Waals surface area contributed by atoms with E-state index in [1.165, 1.54) is 0 Å². The normalized spacial score (nSPS) is 14.7. The van der Waals surface area contributed by atoms with Gasteiger partial charge in [-0.3, -0.25) is 9.88 Å². The molecular formula is C19H18N4. The second kappa shape index (κ2) is 7.45. The highest BCUT2D eigenvalue weighted by atomic mass is 15.3. The van der Waals surface area contributed by atoms with Crippen LogP contribution in [0.4, 0.5) is 11.5 Å². The Balaban J connectivity index is 1.55. The van der Waals surface area contributed by atoms with Crippen molar-refractivity contribution in [1.29, 1.82) is 0 Å². The molecule has 23 heavy (non-hydrogen) atoms. The number of hydrogen-bond donors (Lipinski definition) is 0. The predicted octanol–water partition coefficient (Wildman–Crippen LogP) is 2.81. The Labute approximate surface area is 137 Å². The molecule has 0 N–H and O–H groups in total. The Hall–Kier alpha value is -2.82. The summed E-state index contributed by atoms with van der Waals surface area (Å²) in [5, 5.41) is 0. The smallest absolute Gasteiger partial charge is 0.228 e. The molecule has 0 radical (unpaired) electrons. The number of piperazine rings is 1. The van der Waals surface area contributed by atoms with Crippen LogP contribution >= 0.6 is 0 Å². The van der Waals surface area contributed by atoms with Gasteiger partial charge in [-0.15, -0.1) is 0 Å². The largest absolute Gasteiger partial charge is 0.363 e. The van der Waals surface area contributed by atoms with Crippen LogP contribution in [-0.4, -0.2) is 42.6 Å². The first kappa shape index (κ1) is 15.1. The van der Waals surface area contributed by atoms with Crippen LogP contribution in [0.5, 0.6) is 0 Å². The third-order valence-electron chi connectivity index (χ3n) is 3.87. The van der Waals surface area contributed by atoms with E-state index < -0.39 is 0 Å². The van der Waals surface area contributed by atoms with Crippen LogP contribution in [0.25, 0.3) is 4.85 Å². The topological polar surface area (TPSA) is 23.7 Å². The average Bonchev–Trinajstić information content (AvgIpc) is 2.63. The molecule has 2 aromatic rings. The molecule has 1 saturated heterocycles. The van der Waals surface area contributed by atoms with Gasteiger partial charge in [0.2, 0.25) is 5.69 Å². The summed E-state index contributed by atoms with van der Waals surface area (Å²) in [6.07, 6.45) is 1.75. The van der Waals surface area contributed by atoms with E-state index in [0.717, 1.165) is 44.1 Å². The molecule has 114 valence electrons. The summed E-state index contributed by atoms with van der Waals surface area (Å²) >= 11 is 0. The first-order valence-corrected chi connectivity index (χ1v) is 7.70. The van der Waals surface area contributed by atoms with E-state index in [0.29, 0.717) is 5.69 Å². The molecule has 1 aromatic heterocycles. The number of pyridine rings is 1. The van der Waals surface area contributed by atoms with Crippen molar-refractivity contribution in [3.63, 3.8) is 0 Å². The number of rotatable bonds is 2. The van der Waals surface area contributed by atoms with Crippen LogP contribution < -0.4 is 4.90 Å². The van der Waals surface area contributed by atoms with Gasteiger partial charge in [0.1, 0.15) is 5.82 Å². The van der Waals surface area contributed by atoms with E-state index in [-0.39, 0.29) is 0 Å². The quantitative estimate of drug-likeness (QED) is 0.629. The SMILES string of the molecule is [C-]#[N+]c1cccnc1N1CCN(CC#Cc2ccccc2)CC1. The summed E-state index contributed by atoms with van der Waals surface area (Å²) in [5.41, 5.74) is 1.69. The zero-order valence-electron chi connectivity index (χ0n) is 12.9. The summed E-state index contributed by atoms with van der Waals surface area (Å²) in [4.78, 5) is 12.5. The second-order valence-corrected chi connectivity index (χ2v) is 5.39. The fourth-order valence-electron chi connectivity index (χ4n) is 2.61. The van der Waals surface area contributed by atoms with Gasteiger partial charge in [-0.05, 0) is 12.1 Å². The van der Waals surface area contributed by atoms with Gasteiger partial charge in [0.15, 0.2) is 0 Å². The van der Waals surface area contributed by atoms with Crippen molar-refractivity contribution in [3.05, 3.63) is 65.6 Å². The highest BCUT2D eigenvalue weighted by Gasteiger charge is 2.19. The molecule has 0 bridgehead atoms. The van der Waals surface area contributed by atoms with E-state index in [2.05, 4.69) is 31.5 Å². The van der Waals surface area contributed by atoms with Crippen LogP contribution in [0.2, 0.25) is 0 Å². The molecule has 1 fully saturated rings. The van der Waals surface area contributed by atoms with E-state index in [1.807, 2.05) is 42.5 Å². The van der Waals surface area contributed by atoms with Crippen LogP contribution in [-0.2, 0) is 0 Å². The van der Waals surface area contributed by atoms with Crippen molar-refractivity contribution in [2.45, 2.75) is 0 Å². The minimum absolute atomic E-state index is 0.629. The fraction of sp³-hybridized carbons (Fsp3) is 0.263. The molecule has 0 spiro atoms. The maximum atomic E-state index is 7.25. The maximum Gasteiger partial charge on any atom is 0.228 e. The van der Waals surface area contributed by atoms with Crippen LogP contribution in [0.1, 0.15) is 5.56 Å². The lowest BCUT2D eigenvalue weighted by Crippen LogP contribution is -2.46. The molecule has 0 unspecified atom stereocenters. The second-order valence-electron chi connectivity index (χ2n) is 5.39.